The predicted octanol–water partition coefficient (Wildman–Crippen LogP) is 3.83. The number of aryl methyl sites for hydroxylation is 1. The molecule has 3 aromatic rings. The van der Waals surface area contributed by atoms with Crippen LogP contribution in [-0.2, 0) is 0 Å². The van der Waals surface area contributed by atoms with E-state index in [9.17, 15) is 4.79 Å². The minimum atomic E-state index is -1.56. The number of hydrogen-bond donors (Lipinski definition) is 3. The molecule has 0 saturated carbocycles. The fraction of sp³-hybridized carbons (Fsp3) is 0.500. The molecule has 3 N–H and O–H groups in total. The van der Waals surface area contributed by atoms with Crippen molar-refractivity contribution < 1.29 is 23.4 Å². The maximum Gasteiger partial charge on any atom is 0.291 e. The zero-order valence-corrected chi connectivity index (χ0v) is 27.0. The summed E-state index contributed by atoms with van der Waals surface area (Å²) in [6.07, 6.45) is 0.945. The summed E-state index contributed by atoms with van der Waals surface area (Å²) >= 11 is 0. The number of likely N-dealkylation sites (N-methyl/N-ethyl adjacent to an activating group) is 1. The average molecular weight is 610 g/mol. The third-order valence-electron chi connectivity index (χ3n) is 8.12. The van der Waals surface area contributed by atoms with E-state index < -0.39 is 14.0 Å². The van der Waals surface area contributed by atoms with Crippen LogP contribution in [0.5, 0.6) is 23.5 Å². The van der Waals surface area contributed by atoms with Gasteiger partial charge in [-0.25, -0.2) is 0 Å². The summed E-state index contributed by atoms with van der Waals surface area (Å²) in [5.41, 5.74) is 2.38. The second-order valence-electron chi connectivity index (χ2n) is 11.8. The lowest BCUT2D eigenvalue weighted by Gasteiger charge is -2.32. The second kappa shape index (κ2) is 13.2. The number of furan rings is 1. The maximum atomic E-state index is 13.2. The lowest BCUT2D eigenvalue weighted by atomic mass is 10.2. The number of ether oxygens (including phenoxy) is 3. The van der Waals surface area contributed by atoms with E-state index in [1.54, 1.807) is 12.1 Å². The van der Waals surface area contributed by atoms with Crippen LogP contribution in [-0.4, -0.2) is 101 Å². The van der Waals surface area contributed by atoms with Crippen molar-refractivity contribution in [2.24, 2.45) is 0 Å². The van der Waals surface area contributed by atoms with Gasteiger partial charge >= 0.3 is 0 Å². The molecule has 232 valence electrons. The number of nitrogens with zero attached hydrogens (tertiary/aromatic N) is 4. The van der Waals surface area contributed by atoms with Gasteiger partial charge in [-0.3, -0.25) is 4.79 Å². The average Bonchev–Trinajstić information content (AvgIpc) is 3.46. The number of carbonyl (C=O) groups excluding carboxylic acids is 1. The van der Waals surface area contributed by atoms with Crippen LogP contribution >= 0.6 is 0 Å². The monoisotopic (exact) mass is 609 g/mol. The fourth-order valence-corrected chi connectivity index (χ4v) is 7.84. The first-order valence-electron chi connectivity index (χ1n) is 14.8. The second-order valence-corrected chi connectivity index (χ2v) is 16.6. The van der Waals surface area contributed by atoms with Crippen LogP contribution in [0.15, 0.2) is 28.7 Å². The zero-order valence-electron chi connectivity index (χ0n) is 26.0. The number of amides is 1. The highest BCUT2D eigenvalue weighted by molar-refractivity contribution is 6.91. The Morgan fingerprint density at radius 2 is 1.81 bits per heavy atom. The third kappa shape index (κ3) is 7.23. The molecule has 2 aromatic heterocycles. The van der Waals surface area contributed by atoms with Crippen LogP contribution in [0.25, 0.3) is 0 Å². The molecule has 1 fully saturated rings. The van der Waals surface area contributed by atoms with Crippen LogP contribution in [0.3, 0.4) is 0 Å². The van der Waals surface area contributed by atoms with E-state index in [-0.39, 0.29) is 29.2 Å². The Bertz CT molecular complexity index is 1410. The SMILES string of the molecule is COc1nc(NCCCN2CCN(C)CC2)nc(OC)c1NC(=O)c1ccc(Oc2cc3c(cc2C)NCC[Si]3(C)C)o1. The highest BCUT2D eigenvalue weighted by Gasteiger charge is 2.31. The lowest BCUT2D eigenvalue weighted by molar-refractivity contribution is 0.0990. The number of hydrogen-bond acceptors (Lipinski definition) is 11. The van der Waals surface area contributed by atoms with E-state index in [1.165, 1.54) is 25.1 Å². The summed E-state index contributed by atoms with van der Waals surface area (Å²) in [5.74, 6) is 1.21. The molecule has 4 heterocycles. The molecule has 0 bridgehead atoms. The molecule has 1 saturated heterocycles. The number of rotatable bonds is 11. The van der Waals surface area contributed by atoms with Gasteiger partial charge in [0.1, 0.15) is 5.75 Å². The Labute approximate surface area is 254 Å². The molecule has 12 nitrogen and oxygen atoms in total. The van der Waals surface area contributed by atoms with Crippen LogP contribution < -0.4 is 35.3 Å². The number of anilines is 3. The minimum Gasteiger partial charge on any atom is -0.479 e. The lowest BCUT2D eigenvalue weighted by Crippen LogP contribution is -2.47. The number of nitrogens with one attached hydrogen (secondary N) is 3. The van der Waals surface area contributed by atoms with Gasteiger partial charge in [0.05, 0.1) is 22.3 Å². The normalized spacial score (nSPS) is 16.6. The summed E-state index contributed by atoms with van der Waals surface area (Å²) in [4.78, 5) is 26.9. The first kappa shape index (κ1) is 30.6. The minimum absolute atomic E-state index is 0.0669. The fourth-order valence-electron chi connectivity index (χ4n) is 5.41. The highest BCUT2D eigenvalue weighted by Crippen LogP contribution is 2.34. The van der Waals surface area contributed by atoms with Gasteiger partial charge in [0.15, 0.2) is 11.4 Å². The van der Waals surface area contributed by atoms with E-state index in [0.29, 0.717) is 18.2 Å². The molecule has 1 aromatic carbocycles. The van der Waals surface area contributed by atoms with Crippen molar-refractivity contribution in [3.05, 3.63) is 35.6 Å². The van der Waals surface area contributed by atoms with Gasteiger partial charge in [0, 0.05) is 51.0 Å². The predicted molar refractivity (Wildman–Crippen MR) is 171 cm³/mol. The van der Waals surface area contributed by atoms with Crippen molar-refractivity contribution in [1.29, 1.82) is 0 Å². The number of benzene rings is 1. The van der Waals surface area contributed by atoms with Gasteiger partial charge < -0.3 is 44.4 Å². The molecule has 0 unspecified atom stereocenters. The molecular weight excluding hydrogens is 566 g/mol. The molecule has 13 heteroatoms. The van der Waals surface area contributed by atoms with E-state index >= 15 is 0 Å². The van der Waals surface area contributed by atoms with Crippen molar-refractivity contribution in [3.8, 4) is 23.5 Å². The Morgan fingerprint density at radius 3 is 2.51 bits per heavy atom. The van der Waals surface area contributed by atoms with Crippen LogP contribution in [0.1, 0.15) is 22.5 Å². The molecule has 2 aliphatic rings. The van der Waals surface area contributed by atoms with Crippen LogP contribution in [0, 0.1) is 6.92 Å². The Hall–Kier alpha value is -3.81. The van der Waals surface area contributed by atoms with Crippen molar-refractivity contribution >= 4 is 36.5 Å². The summed E-state index contributed by atoms with van der Waals surface area (Å²) in [7, 11) is 3.55. The first-order chi connectivity index (χ1) is 20.7. The Kier molecular flexibility index (Phi) is 9.42. The summed E-state index contributed by atoms with van der Waals surface area (Å²) in [5, 5.41) is 10.9. The Morgan fingerprint density at radius 1 is 1.09 bits per heavy atom. The van der Waals surface area contributed by atoms with Gasteiger partial charge in [-0.15, -0.1) is 0 Å². The van der Waals surface area contributed by atoms with Crippen LogP contribution in [0.2, 0.25) is 19.1 Å². The topological polar surface area (TPSA) is 126 Å². The smallest absolute Gasteiger partial charge is 0.291 e. The number of piperazine rings is 1. The Balaban J connectivity index is 1.22. The number of aromatic nitrogens is 2. The summed E-state index contributed by atoms with van der Waals surface area (Å²) < 4.78 is 22.9. The van der Waals surface area contributed by atoms with Crippen molar-refractivity contribution in [2.75, 3.05) is 83.0 Å². The van der Waals surface area contributed by atoms with Gasteiger partial charge in [-0.1, -0.05) is 13.1 Å². The van der Waals surface area contributed by atoms with Gasteiger partial charge in [0.25, 0.3) is 11.9 Å². The van der Waals surface area contributed by atoms with Gasteiger partial charge in [0.2, 0.25) is 17.7 Å². The first-order valence-corrected chi connectivity index (χ1v) is 18.0. The van der Waals surface area contributed by atoms with Crippen LogP contribution in [0.4, 0.5) is 17.3 Å². The standard InChI is InChI=1S/C30H43N7O5Si/c1-20-18-21-24(43(5,6)17-11-31-21)19-23(20)42-25-9-8-22(41-25)27(38)33-26-28(39-3)34-30(35-29(26)40-4)32-10-7-12-37-15-13-36(2)14-16-37/h8-9,18-19,31H,7,10-17H2,1-6H3,(H,33,38)(H,32,34,35). The third-order valence-corrected chi connectivity index (χ3v) is 11.5. The summed E-state index contributed by atoms with van der Waals surface area (Å²) in [6, 6.07) is 8.60. The van der Waals surface area contributed by atoms with E-state index in [4.69, 9.17) is 18.6 Å². The number of methoxy groups -OCH3 is 2. The zero-order chi connectivity index (χ0) is 30.6. The molecule has 0 spiro atoms. The highest BCUT2D eigenvalue weighted by atomic mass is 28.3. The van der Waals surface area contributed by atoms with Crippen molar-refractivity contribution in [1.82, 2.24) is 19.8 Å². The molecule has 0 aliphatic carbocycles. The quantitative estimate of drug-likeness (QED) is 0.217. The number of fused-ring (bicyclic) bond motifs is 1. The van der Waals surface area contributed by atoms with Gasteiger partial charge in [-0.2, -0.15) is 9.97 Å². The molecule has 2 aliphatic heterocycles. The van der Waals surface area contributed by atoms with Crippen molar-refractivity contribution in [2.45, 2.75) is 32.5 Å². The summed E-state index contributed by atoms with van der Waals surface area (Å²) in [6.45, 7) is 13.8. The van der Waals surface area contributed by atoms with E-state index in [2.05, 4.69) is 68.0 Å². The van der Waals surface area contributed by atoms with Gasteiger partial charge in [-0.05, 0) is 61.9 Å². The molecule has 0 radical (unpaired) electrons. The molecule has 1 amide bonds. The molecular formula is C30H43N7O5Si. The van der Waals surface area contributed by atoms with E-state index in [1.807, 2.05) is 6.92 Å². The molecule has 43 heavy (non-hydrogen) atoms. The molecule has 0 atom stereocenters. The van der Waals surface area contributed by atoms with E-state index in [0.717, 1.165) is 57.3 Å². The number of carbonyl (C=O) groups is 1. The van der Waals surface area contributed by atoms with Crippen molar-refractivity contribution in [3.63, 3.8) is 0 Å². The molecule has 5 rings (SSSR count). The maximum absolute atomic E-state index is 13.2. The largest absolute Gasteiger partial charge is 0.479 e.